The number of hydrogen-bond acceptors (Lipinski definition) is 2. The van der Waals surface area contributed by atoms with E-state index < -0.39 is 0 Å². The molecule has 0 fully saturated rings. The number of amidine groups is 2. The summed E-state index contributed by atoms with van der Waals surface area (Å²) in [4.78, 5) is 9.82. The number of aliphatic imine (C=N–C) groups is 2. The maximum absolute atomic E-state index is 6.49. The fourth-order valence-electron chi connectivity index (χ4n) is 5.63. The lowest BCUT2D eigenvalue weighted by atomic mass is 10.00. The zero-order valence-electron chi connectivity index (χ0n) is 22.8. The molecule has 0 bridgehead atoms. The minimum atomic E-state index is 0.353. The molecule has 200 valence electrons. The van der Waals surface area contributed by atoms with Gasteiger partial charge in [-0.25, -0.2) is 4.99 Å². The summed E-state index contributed by atoms with van der Waals surface area (Å²) < 4.78 is 6.43. The smallest absolute Gasteiger partial charge is 0.157 e. The van der Waals surface area contributed by atoms with Crippen molar-refractivity contribution < 1.29 is 4.42 Å². The van der Waals surface area contributed by atoms with E-state index in [-0.39, 0.29) is 0 Å². The van der Waals surface area contributed by atoms with Gasteiger partial charge in [-0.05, 0) is 77.1 Å². The Morgan fingerprint density at radius 2 is 1.61 bits per heavy atom. The van der Waals surface area contributed by atoms with E-state index in [2.05, 4.69) is 103 Å². The lowest BCUT2D eigenvalue weighted by molar-refractivity contribution is 0.668. The summed E-state index contributed by atoms with van der Waals surface area (Å²) >= 11 is 0. The molecule has 2 aliphatic carbocycles. The Morgan fingerprint density at radius 1 is 0.805 bits per heavy atom. The number of furan rings is 1. The molecule has 0 aliphatic heterocycles. The molecule has 1 aromatic heterocycles. The summed E-state index contributed by atoms with van der Waals surface area (Å²) in [6.07, 6.45) is 17.6. The Hall–Kier alpha value is -4.96. The zero-order chi connectivity index (χ0) is 27.6. The van der Waals surface area contributed by atoms with E-state index in [1.54, 1.807) is 0 Å². The SMILES string of the molecule is N/C(=N\C(=N/CC1C=CC=CC1)c1ccc2c(c1)oc1cc(-c3ccc4ccccc4c3)ccc12)C1=CC=CCC1. The van der Waals surface area contributed by atoms with Gasteiger partial charge >= 0.3 is 0 Å². The highest BCUT2D eigenvalue weighted by Gasteiger charge is 2.14. The van der Waals surface area contributed by atoms with Gasteiger partial charge in [0.2, 0.25) is 0 Å². The van der Waals surface area contributed by atoms with E-state index in [0.29, 0.717) is 24.1 Å². The monoisotopic (exact) mass is 533 g/mol. The average molecular weight is 534 g/mol. The van der Waals surface area contributed by atoms with Gasteiger partial charge in [-0.15, -0.1) is 0 Å². The van der Waals surface area contributed by atoms with Crippen LogP contribution in [0.1, 0.15) is 24.8 Å². The molecule has 5 aromatic rings. The van der Waals surface area contributed by atoms with Crippen molar-refractivity contribution in [2.24, 2.45) is 21.6 Å². The van der Waals surface area contributed by atoms with E-state index in [0.717, 1.165) is 57.9 Å². The summed E-state index contributed by atoms with van der Waals surface area (Å²) in [6.45, 7) is 0.652. The third kappa shape index (κ3) is 5.17. The van der Waals surface area contributed by atoms with Crippen molar-refractivity contribution in [1.29, 1.82) is 0 Å². The number of hydrogen-bond donors (Lipinski definition) is 1. The molecule has 4 nitrogen and oxygen atoms in total. The molecule has 41 heavy (non-hydrogen) atoms. The second-order valence-corrected chi connectivity index (χ2v) is 10.7. The number of benzene rings is 4. The van der Waals surface area contributed by atoms with Crippen LogP contribution in [0.15, 0.2) is 141 Å². The molecule has 0 saturated carbocycles. The Morgan fingerprint density at radius 3 is 2.44 bits per heavy atom. The van der Waals surface area contributed by atoms with Crippen LogP contribution in [-0.2, 0) is 0 Å². The molecule has 4 aromatic carbocycles. The van der Waals surface area contributed by atoms with E-state index in [9.17, 15) is 0 Å². The van der Waals surface area contributed by atoms with Gasteiger partial charge < -0.3 is 10.2 Å². The van der Waals surface area contributed by atoms with Crippen LogP contribution in [0.25, 0.3) is 43.8 Å². The first-order valence-electron chi connectivity index (χ1n) is 14.3. The number of nitrogens with zero attached hydrogens (tertiary/aromatic N) is 2. The van der Waals surface area contributed by atoms with Crippen LogP contribution in [0, 0.1) is 5.92 Å². The van der Waals surface area contributed by atoms with E-state index in [1.165, 1.54) is 16.3 Å². The Labute approximate surface area is 239 Å². The molecule has 7 rings (SSSR count). The predicted molar refractivity (Wildman–Crippen MR) is 173 cm³/mol. The highest BCUT2D eigenvalue weighted by Crippen LogP contribution is 2.34. The van der Waals surface area contributed by atoms with Gasteiger partial charge in [0.25, 0.3) is 0 Å². The Balaban J connectivity index is 1.26. The highest BCUT2D eigenvalue weighted by molar-refractivity contribution is 6.13. The van der Waals surface area contributed by atoms with E-state index in [4.69, 9.17) is 20.1 Å². The standard InChI is InChI=1S/C37H31N3O/c38-36(27-12-5-2-6-13-27)40-37(39-24-25-9-3-1-4-10-25)31-18-20-33-32-19-17-30(22-34(32)41-35(33)23-31)29-16-15-26-11-7-8-14-28(26)21-29/h1-5,7-9,11-12,14-23,25H,6,10,13,24H2,(H2,38,39,40). The second kappa shape index (κ2) is 10.9. The molecule has 1 unspecified atom stereocenters. The summed E-state index contributed by atoms with van der Waals surface area (Å²) in [5, 5.41) is 4.63. The van der Waals surface area contributed by atoms with Crippen LogP contribution >= 0.6 is 0 Å². The van der Waals surface area contributed by atoms with Gasteiger partial charge in [0.15, 0.2) is 5.84 Å². The normalized spacial score (nSPS) is 17.6. The summed E-state index contributed by atoms with van der Waals surface area (Å²) in [5.74, 6) is 1.52. The first-order chi connectivity index (χ1) is 20.2. The average Bonchev–Trinajstić information content (AvgIpc) is 3.40. The van der Waals surface area contributed by atoms with Crippen molar-refractivity contribution in [3.05, 3.63) is 133 Å². The number of fused-ring (bicyclic) bond motifs is 4. The molecule has 0 spiro atoms. The minimum Gasteiger partial charge on any atom is -0.456 e. The lowest BCUT2D eigenvalue weighted by Gasteiger charge is -2.12. The molecule has 0 amide bonds. The topological polar surface area (TPSA) is 63.9 Å². The minimum absolute atomic E-state index is 0.353. The number of nitrogens with two attached hydrogens (primary N) is 1. The van der Waals surface area contributed by atoms with Gasteiger partial charge in [-0.1, -0.05) is 91.1 Å². The van der Waals surface area contributed by atoms with E-state index in [1.807, 2.05) is 18.2 Å². The molecule has 2 N–H and O–H groups in total. The molecular weight excluding hydrogens is 502 g/mol. The fourth-order valence-corrected chi connectivity index (χ4v) is 5.63. The fraction of sp³-hybridized carbons (Fsp3) is 0.135. The Kier molecular flexibility index (Phi) is 6.65. The van der Waals surface area contributed by atoms with Crippen LogP contribution in [0.5, 0.6) is 0 Å². The van der Waals surface area contributed by atoms with Gasteiger partial charge in [-0.2, -0.15) is 0 Å². The molecule has 0 radical (unpaired) electrons. The molecule has 2 aliphatic rings. The Bertz CT molecular complexity index is 1960. The summed E-state index contributed by atoms with van der Waals surface area (Å²) in [5.41, 5.74) is 12.4. The van der Waals surface area contributed by atoms with Crippen molar-refractivity contribution in [2.45, 2.75) is 19.3 Å². The largest absolute Gasteiger partial charge is 0.456 e. The highest BCUT2D eigenvalue weighted by atomic mass is 16.3. The summed E-state index contributed by atoms with van der Waals surface area (Å²) in [7, 11) is 0. The first kappa shape index (κ1) is 25.0. The van der Waals surface area contributed by atoms with Crippen LogP contribution in [-0.4, -0.2) is 18.2 Å². The van der Waals surface area contributed by atoms with Crippen molar-refractivity contribution in [1.82, 2.24) is 0 Å². The van der Waals surface area contributed by atoms with E-state index >= 15 is 0 Å². The van der Waals surface area contributed by atoms with Crippen LogP contribution in [0.3, 0.4) is 0 Å². The van der Waals surface area contributed by atoms with Crippen LogP contribution < -0.4 is 5.73 Å². The van der Waals surface area contributed by atoms with Gasteiger partial charge in [0.1, 0.15) is 17.0 Å². The van der Waals surface area contributed by atoms with Crippen molar-refractivity contribution in [2.75, 3.05) is 6.54 Å². The van der Waals surface area contributed by atoms with Gasteiger partial charge in [-0.3, -0.25) is 4.99 Å². The lowest BCUT2D eigenvalue weighted by Crippen LogP contribution is -2.19. The van der Waals surface area contributed by atoms with Gasteiger partial charge in [0.05, 0.1) is 0 Å². The second-order valence-electron chi connectivity index (χ2n) is 10.7. The van der Waals surface area contributed by atoms with Crippen molar-refractivity contribution in [3.63, 3.8) is 0 Å². The molecule has 1 heterocycles. The van der Waals surface area contributed by atoms with Crippen LogP contribution in [0.4, 0.5) is 0 Å². The third-order valence-electron chi connectivity index (χ3n) is 7.93. The first-order valence-corrected chi connectivity index (χ1v) is 14.3. The summed E-state index contributed by atoms with van der Waals surface area (Å²) in [6, 6.07) is 27.7. The maximum atomic E-state index is 6.49. The van der Waals surface area contributed by atoms with Gasteiger partial charge in [0, 0.05) is 28.8 Å². The number of rotatable bonds is 5. The molecular formula is C37H31N3O. The zero-order valence-corrected chi connectivity index (χ0v) is 22.8. The maximum Gasteiger partial charge on any atom is 0.157 e. The quantitative estimate of drug-likeness (QED) is 0.181. The molecule has 1 atom stereocenters. The molecule has 0 saturated heterocycles. The number of allylic oxidation sites excluding steroid dienone is 6. The third-order valence-corrected chi connectivity index (χ3v) is 7.93. The predicted octanol–water partition coefficient (Wildman–Crippen LogP) is 8.92. The van der Waals surface area contributed by atoms with Crippen LogP contribution in [0.2, 0.25) is 0 Å². The van der Waals surface area contributed by atoms with Crippen molar-refractivity contribution >= 4 is 44.4 Å². The van der Waals surface area contributed by atoms with Crippen molar-refractivity contribution in [3.8, 4) is 11.1 Å². The molecule has 4 heteroatoms.